The average Bonchev–Trinajstić information content (AvgIpc) is 3.16. The normalized spacial score (nSPS) is 11.4. The SMILES string of the molecule is N#C/C(=C\c1ccc(OCc2ccc(Cl)cc2Cl)cc1)Sc1nc2ccccc2s1. The van der Waals surface area contributed by atoms with E-state index in [2.05, 4.69) is 11.1 Å². The Morgan fingerprint density at radius 1 is 1.10 bits per heavy atom. The summed E-state index contributed by atoms with van der Waals surface area (Å²) >= 11 is 15.1. The summed E-state index contributed by atoms with van der Waals surface area (Å²) in [6, 6.07) is 23.1. The molecule has 0 saturated carbocycles. The molecule has 0 unspecified atom stereocenters. The highest BCUT2D eigenvalue weighted by atomic mass is 35.5. The lowest BCUT2D eigenvalue weighted by molar-refractivity contribution is 0.306. The molecule has 0 atom stereocenters. The highest BCUT2D eigenvalue weighted by Crippen LogP contribution is 2.34. The first-order valence-corrected chi connectivity index (χ1v) is 11.3. The number of hydrogen-bond donors (Lipinski definition) is 0. The Bertz CT molecular complexity index is 1230. The summed E-state index contributed by atoms with van der Waals surface area (Å²) in [6.45, 7) is 0.349. The van der Waals surface area contributed by atoms with Crippen LogP contribution in [0, 0.1) is 11.3 Å². The largest absolute Gasteiger partial charge is 0.489 e. The van der Waals surface area contributed by atoms with Crippen LogP contribution in [0.4, 0.5) is 0 Å². The van der Waals surface area contributed by atoms with Gasteiger partial charge in [-0.1, -0.05) is 53.5 Å². The molecule has 1 heterocycles. The number of fused-ring (bicyclic) bond motifs is 1. The zero-order valence-corrected chi connectivity index (χ0v) is 18.7. The molecule has 0 aliphatic carbocycles. The maximum Gasteiger partial charge on any atom is 0.156 e. The summed E-state index contributed by atoms with van der Waals surface area (Å²) in [6.07, 6.45) is 1.84. The number of aromatic nitrogens is 1. The molecule has 0 N–H and O–H groups in total. The van der Waals surface area contributed by atoms with Crippen LogP contribution in [0.5, 0.6) is 5.75 Å². The van der Waals surface area contributed by atoms with E-state index in [9.17, 15) is 5.26 Å². The zero-order chi connectivity index (χ0) is 20.9. The Kier molecular flexibility index (Phi) is 6.61. The minimum atomic E-state index is 0.349. The minimum absolute atomic E-state index is 0.349. The smallest absolute Gasteiger partial charge is 0.156 e. The number of allylic oxidation sites excluding steroid dienone is 1. The third-order valence-electron chi connectivity index (χ3n) is 4.17. The third-order valence-corrected chi connectivity index (χ3v) is 6.78. The number of benzene rings is 3. The highest BCUT2D eigenvalue weighted by molar-refractivity contribution is 8.05. The second kappa shape index (κ2) is 9.55. The number of rotatable bonds is 6. The van der Waals surface area contributed by atoms with E-state index in [0.29, 0.717) is 21.6 Å². The van der Waals surface area contributed by atoms with Gasteiger partial charge in [-0.2, -0.15) is 5.26 Å². The lowest BCUT2D eigenvalue weighted by Crippen LogP contribution is -1.96. The molecule has 7 heteroatoms. The maximum absolute atomic E-state index is 9.53. The number of thioether (sulfide) groups is 1. The third kappa shape index (κ3) is 5.16. The highest BCUT2D eigenvalue weighted by Gasteiger charge is 2.08. The van der Waals surface area contributed by atoms with Gasteiger partial charge in [0.2, 0.25) is 0 Å². The molecule has 148 valence electrons. The number of halogens is 2. The van der Waals surface area contributed by atoms with Gasteiger partial charge in [0.15, 0.2) is 4.34 Å². The van der Waals surface area contributed by atoms with E-state index in [1.54, 1.807) is 23.5 Å². The molecule has 4 rings (SSSR count). The van der Waals surface area contributed by atoms with Gasteiger partial charge in [-0.3, -0.25) is 0 Å². The summed E-state index contributed by atoms with van der Waals surface area (Å²) in [4.78, 5) is 5.15. The average molecular weight is 469 g/mol. The number of ether oxygens (including phenoxy) is 1. The van der Waals surface area contributed by atoms with Crippen LogP contribution in [-0.4, -0.2) is 4.98 Å². The predicted octanol–water partition coefficient (Wildman–Crippen LogP) is 7.84. The van der Waals surface area contributed by atoms with Crippen molar-refractivity contribution in [1.82, 2.24) is 4.98 Å². The van der Waals surface area contributed by atoms with Crippen LogP contribution in [0.1, 0.15) is 11.1 Å². The molecule has 0 fully saturated rings. The Hall–Kier alpha value is -2.49. The molecule has 1 aromatic heterocycles. The first kappa shape index (κ1) is 20.8. The number of nitriles is 1. The number of hydrogen-bond acceptors (Lipinski definition) is 5. The number of nitrogens with zero attached hydrogens (tertiary/aromatic N) is 2. The molecular formula is C23H14Cl2N2OS2. The molecule has 0 spiro atoms. The van der Waals surface area contributed by atoms with Crippen molar-refractivity contribution in [1.29, 1.82) is 5.26 Å². The molecule has 4 aromatic rings. The summed E-state index contributed by atoms with van der Waals surface area (Å²) < 4.78 is 7.76. The van der Waals surface area contributed by atoms with Crippen molar-refractivity contribution in [2.75, 3.05) is 0 Å². The fourth-order valence-electron chi connectivity index (χ4n) is 2.68. The molecule has 0 aliphatic rings. The molecule has 30 heavy (non-hydrogen) atoms. The van der Waals surface area contributed by atoms with Gasteiger partial charge in [0, 0.05) is 15.6 Å². The molecular weight excluding hydrogens is 455 g/mol. The first-order valence-electron chi connectivity index (χ1n) is 8.93. The van der Waals surface area contributed by atoms with Crippen LogP contribution in [-0.2, 0) is 6.61 Å². The van der Waals surface area contributed by atoms with Gasteiger partial charge in [-0.25, -0.2) is 4.98 Å². The Morgan fingerprint density at radius 3 is 2.63 bits per heavy atom. The van der Waals surface area contributed by atoms with Crippen molar-refractivity contribution < 1.29 is 4.74 Å². The molecule has 3 aromatic carbocycles. The van der Waals surface area contributed by atoms with Gasteiger partial charge in [0.1, 0.15) is 18.4 Å². The Labute approximate surface area is 192 Å². The standard InChI is InChI=1S/C23H14Cl2N2OS2/c24-17-8-7-16(20(25)12-17)14-28-18-9-5-15(6-10-18)11-19(13-26)29-23-27-21-3-1-2-4-22(21)30-23/h1-12H,14H2/b19-11+. The Morgan fingerprint density at radius 2 is 1.90 bits per heavy atom. The molecule has 3 nitrogen and oxygen atoms in total. The van der Waals surface area contributed by atoms with Crippen molar-refractivity contribution >= 4 is 62.6 Å². The molecule has 0 bridgehead atoms. The van der Waals surface area contributed by atoms with Gasteiger partial charge in [-0.15, -0.1) is 11.3 Å². The minimum Gasteiger partial charge on any atom is -0.489 e. The van der Waals surface area contributed by atoms with Gasteiger partial charge >= 0.3 is 0 Å². The zero-order valence-electron chi connectivity index (χ0n) is 15.5. The van der Waals surface area contributed by atoms with E-state index < -0.39 is 0 Å². The van der Waals surface area contributed by atoms with Crippen LogP contribution in [0.15, 0.2) is 76.0 Å². The van der Waals surface area contributed by atoms with Gasteiger partial charge in [0.25, 0.3) is 0 Å². The maximum atomic E-state index is 9.53. The van der Waals surface area contributed by atoms with Crippen molar-refractivity contribution in [2.45, 2.75) is 10.9 Å². The second-order valence-corrected chi connectivity index (χ2v) is 9.43. The summed E-state index contributed by atoms with van der Waals surface area (Å²) in [5.74, 6) is 0.718. The fourth-order valence-corrected chi connectivity index (χ4v) is 5.12. The molecule has 0 saturated heterocycles. The summed E-state index contributed by atoms with van der Waals surface area (Å²) in [5.41, 5.74) is 2.73. The van der Waals surface area contributed by atoms with Crippen molar-refractivity contribution in [3.05, 3.63) is 92.8 Å². The second-order valence-electron chi connectivity index (χ2n) is 6.26. The van der Waals surface area contributed by atoms with Crippen LogP contribution in [0.25, 0.3) is 16.3 Å². The molecule has 0 aliphatic heterocycles. The van der Waals surface area contributed by atoms with Crippen LogP contribution in [0.3, 0.4) is 0 Å². The quantitative estimate of drug-likeness (QED) is 0.213. The number of thiazole rings is 1. The number of para-hydroxylation sites is 1. The molecule has 0 radical (unpaired) electrons. The Balaban J connectivity index is 1.43. The van der Waals surface area contributed by atoms with E-state index in [-0.39, 0.29) is 0 Å². The monoisotopic (exact) mass is 468 g/mol. The van der Waals surface area contributed by atoms with Crippen molar-refractivity contribution in [3.63, 3.8) is 0 Å². The van der Waals surface area contributed by atoms with Gasteiger partial charge in [0.05, 0.1) is 15.1 Å². The first-order chi connectivity index (χ1) is 14.6. The van der Waals surface area contributed by atoms with Crippen LogP contribution in [0.2, 0.25) is 10.0 Å². The van der Waals surface area contributed by atoms with E-state index in [4.69, 9.17) is 27.9 Å². The van der Waals surface area contributed by atoms with E-state index in [1.807, 2.05) is 60.7 Å². The van der Waals surface area contributed by atoms with Crippen LogP contribution < -0.4 is 4.74 Å². The van der Waals surface area contributed by atoms with E-state index >= 15 is 0 Å². The van der Waals surface area contributed by atoms with Gasteiger partial charge in [-0.05, 0) is 59.8 Å². The lowest BCUT2D eigenvalue weighted by atomic mass is 10.2. The summed E-state index contributed by atoms with van der Waals surface area (Å²) in [7, 11) is 0. The van der Waals surface area contributed by atoms with Crippen molar-refractivity contribution in [3.8, 4) is 11.8 Å². The van der Waals surface area contributed by atoms with E-state index in [1.165, 1.54) is 11.8 Å². The van der Waals surface area contributed by atoms with Crippen molar-refractivity contribution in [2.24, 2.45) is 0 Å². The van der Waals surface area contributed by atoms with E-state index in [0.717, 1.165) is 31.4 Å². The predicted molar refractivity (Wildman–Crippen MR) is 126 cm³/mol. The van der Waals surface area contributed by atoms with Gasteiger partial charge < -0.3 is 4.74 Å². The fraction of sp³-hybridized carbons (Fsp3) is 0.0435. The topological polar surface area (TPSA) is 45.9 Å². The summed E-state index contributed by atoms with van der Waals surface area (Å²) in [5, 5.41) is 10.7. The molecule has 0 amide bonds. The lowest BCUT2D eigenvalue weighted by Gasteiger charge is -2.08. The van der Waals surface area contributed by atoms with Crippen LogP contribution >= 0.6 is 46.3 Å².